The number of urea groups is 1. The van der Waals surface area contributed by atoms with E-state index in [1.807, 2.05) is 12.1 Å². The first-order valence-electron chi connectivity index (χ1n) is 8.45. The highest BCUT2D eigenvalue weighted by Crippen LogP contribution is 2.29. The summed E-state index contributed by atoms with van der Waals surface area (Å²) in [6.45, 7) is 0.738. The first kappa shape index (κ1) is 19.2. The van der Waals surface area contributed by atoms with Gasteiger partial charge in [0.2, 0.25) is 0 Å². The maximum Gasteiger partial charge on any atom is 0.416 e. The highest BCUT2D eigenvalue weighted by Gasteiger charge is 2.29. The lowest BCUT2D eigenvalue weighted by Gasteiger charge is -2.18. The van der Waals surface area contributed by atoms with Crippen LogP contribution in [0.25, 0.3) is 10.1 Å². The maximum atomic E-state index is 12.6. The number of hydrogen-bond donors (Lipinski definition) is 1. The molecule has 7 heteroatoms. The van der Waals surface area contributed by atoms with E-state index >= 15 is 0 Å². The van der Waals surface area contributed by atoms with E-state index in [9.17, 15) is 18.0 Å². The molecule has 2 aromatic carbocycles. The standard InChI is InChI=1S/C20H19F3N2OS/c1-25(12-14-6-8-16(9-7-14)20(21,22)23)19(26)24-11-10-15-13-27-18-5-3-2-4-17(15)18/h2-9,13H,10-12H2,1H3,(H,24,26). The van der Waals surface area contributed by atoms with Crippen LogP contribution >= 0.6 is 11.3 Å². The Morgan fingerprint density at radius 2 is 1.81 bits per heavy atom. The Kier molecular flexibility index (Phi) is 5.70. The Balaban J connectivity index is 1.50. The third-order valence-corrected chi connectivity index (χ3v) is 5.29. The molecule has 0 spiro atoms. The van der Waals surface area contributed by atoms with Crippen LogP contribution in [0.2, 0.25) is 0 Å². The van der Waals surface area contributed by atoms with Crippen molar-refractivity contribution in [3.63, 3.8) is 0 Å². The number of nitrogens with one attached hydrogen (secondary N) is 1. The van der Waals surface area contributed by atoms with Gasteiger partial charge < -0.3 is 10.2 Å². The first-order chi connectivity index (χ1) is 12.8. The van der Waals surface area contributed by atoms with E-state index in [0.29, 0.717) is 12.1 Å². The van der Waals surface area contributed by atoms with Crippen molar-refractivity contribution in [1.82, 2.24) is 10.2 Å². The molecular weight excluding hydrogens is 373 g/mol. The van der Waals surface area contributed by atoms with Crippen LogP contribution < -0.4 is 5.32 Å². The molecule has 1 aromatic heterocycles. The summed E-state index contributed by atoms with van der Waals surface area (Å²) in [5, 5.41) is 6.16. The second-order valence-corrected chi connectivity index (χ2v) is 7.20. The SMILES string of the molecule is CN(Cc1ccc(C(F)(F)F)cc1)C(=O)NCCc1csc2ccccc12. The van der Waals surface area contributed by atoms with Crippen molar-refractivity contribution in [2.24, 2.45) is 0 Å². The zero-order valence-electron chi connectivity index (χ0n) is 14.7. The highest BCUT2D eigenvalue weighted by molar-refractivity contribution is 7.17. The number of carbonyl (C=O) groups is 1. The van der Waals surface area contributed by atoms with Crippen molar-refractivity contribution in [1.29, 1.82) is 0 Å². The number of fused-ring (bicyclic) bond motifs is 1. The smallest absolute Gasteiger partial charge is 0.338 e. The molecule has 0 fully saturated rings. The largest absolute Gasteiger partial charge is 0.416 e. The van der Waals surface area contributed by atoms with Crippen LogP contribution in [0, 0.1) is 0 Å². The van der Waals surface area contributed by atoms with Crippen LogP contribution in [0.4, 0.5) is 18.0 Å². The van der Waals surface area contributed by atoms with Gasteiger partial charge in [-0.25, -0.2) is 4.79 Å². The summed E-state index contributed by atoms with van der Waals surface area (Å²) in [6, 6.07) is 12.7. The molecule has 0 radical (unpaired) electrons. The quantitative estimate of drug-likeness (QED) is 0.628. The van der Waals surface area contributed by atoms with Crippen LogP contribution in [-0.2, 0) is 19.1 Å². The molecule has 0 aliphatic heterocycles. The van der Waals surface area contributed by atoms with Crippen molar-refractivity contribution < 1.29 is 18.0 Å². The molecule has 142 valence electrons. The average molecular weight is 392 g/mol. The minimum atomic E-state index is -4.35. The number of hydrogen-bond acceptors (Lipinski definition) is 2. The predicted molar refractivity (Wildman–Crippen MR) is 102 cm³/mol. The van der Waals surface area contributed by atoms with E-state index in [4.69, 9.17) is 0 Å². The van der Waals surface area contributed by atoms with Crippen molar-refractivity contribution >= 4 is 27.5 Å². The number of halogens is 3. The average Bonchev–Trinajstić information content (AvgIpc) is 3.04. The fourth-order valence-corrected chi connectivity index (χ4v) is 3.81. The normalized spacial score (nSPS) is 11.6. The van der Waals surface area contributed by atoms with E-state index in [1.54, 1.807) is 18.4 Å². The second-order valence-electron chi connectivity index (χ2n) is 6.29. The zero-order valence-corrected chi connectivity index (χ0v) is 15.5. The Morgan fingerprint density at radius 1 is 1.11 bits per heavy atom. The minimum absolute atomic E-state index is 0.241. The second kappa shape index (κ2) is 8.00. The number of amides is 2. The molecular formula is C20H19F3N2OS. The summed E-state index contributed by atoms with van der Waals surface area (Å²) < 4.78 is 39.0. The molecule has 3 rings (SSSR count). The number of thiophene rings is 1. The molecule has 0 unspecified atom stereocenters. The third-order valence-electron chi connectivity index (χ3n) is 4.28. The van der Waals surface area contributed by atoms with E-state index in [2.05, 4.69) is 22.8 Å². The Labute approximate surface area is 159 Å². The van der Waals surface area contributed by atoms with Gasteiger partial charge in [0.05, 0.1) is 5.56 Å². The first-order valence-corrected chi connectivity index (χ1v) is 9.33. The monoisotopic (exact) mass is 392 g/mol. The zero-order chi connectivity index (χ0) is 19.4. The van der Waals surface area contributed by atoms with E-state index < -0.39 is 11.7 Å². The van der Waals surface area contributed by atoms with Crippen LogP contribution in [0.3, 0.4) is 0 Å². The summed E-state index contributed by atoms with van der Waals surface area (Å²) >= 11 is 1.68. The van der Waals surface area contributed by atoms with E-state index in [1.165, 1.54) is 32.7 Å². The highest BCUT2D eigenvalue weighted by atomic mass is 32.1. The number of benzene rings is 2. The van der Waals surface area contributed by atoms with E-state index in [0.717, 1.165) is 18.6 Å². The van der Waals surface area contributed by atoms with Crippen molar-refractivity contribution in [2.75, 3.05) is 13.6 Å². The van der Waals surface area contributed by atoms with E-state index in [-0.39, 0.29) is 12.6 Å². The molecule has 0 atom stereocenters. The van der Waals surface area contributed by atoms with Crippen molar-refractivity contribution in [3.8, 4) is 0 Å². The fourth-order valence-electron chi connectivity index (χ4n) is 2.81. The van der Waals surface area contributed by atoms with Gasteiger partial charge in [-0.15, -0.1) is 11.3 Å². The molecule has 0 bridgehead atoms. The summed E-state index contributed by atoms with van der Waals surface area (Å²) in [5.74, 6) is 0. The number of carbonyl (C=O) groups excluding carboxylic acids is 1. The summed E-state index contributed by atoms with van der Waals surface area (Å²) in [5.41, 5.74) is 1.15. The predicted octanol–water partition coefficient (Wildman–Crippen LogP) is 5.30. The number of alkyl halides is 3. The van der Waals surface area contributed by atoms with Gasteiger partial charge in [-0.2, -0.15) is 13.2 Å². The molecule has 3 aromatic rings. The molecule has 0 saturated heterocycles. The van der Waals surface area contributed by atoms with Gasteiger partial charge in [0.15, 0.2) is 0 Å². The molecule has 0 aliphatic carbocycles. The molecule has 1 heterocycles. The van der Waals surface area contributed by atoms with Crippen LogP contribution in [0.5, 0.6) is 0 Å². The molecule has 1 N–H and O–H groups in total. The van der Waals surface area contributed by atoms with Crippen LogP contribution in [0.15, 0.2) is 53.9 Å². The topological polar surface area (TPSA) is 32.3 Å². The lowest BCUT2D eigenvalue weighted by molar-refractivity contribution is -0.137. The van der Waals surface area contributed by atoms with Crippen LogP contribution in [-0.4, -0.2) is 24.5 Å². The van der Waals surface area contributed by atoms with Gasteiger partial charge in [0.1, 0.15) is 0 Å². The maximum absolute atomic E-state index is 12.6. The minimum Gasteiger partial charge on any atom is -0.338 e. The summed E-state index contributed by atoms with van der Waals surface area (Å²) in [7, 11) is 1.62. The van der Waals surface area contributed by atoms with Gasteiger partial charge in [-0.3, -0.25) is 0 Å². The molecule has 27 heavy (non-hydrogen) atoms. The third kappa shape index (κ3) is 4.80. The Bertz CT molecular complexity index is 919. The molecule has 0 saturated carbocycles. The number of rotatable bonds is 5. The van der Waals surface area contributed by atoms with Gasteiger partial charge in [-0.1, -0.05) is 30.3 Å². The summed E-state index contributed by atoms with van der Waals surface area (Å²) in [6.07, 6.45) is -3.63. The lowest BCUT2D eigenvalue weighted by atomic mass is 10.1. The lowest BCUT2D eigenvalue weighted by Crippen LogP contribution is -2.37. The molecule has 0 aliphatic rings. The van der Waals surface area contributed by atoms with Gasteiger partial charge >= 0.3 is 12.2 Å². The Morgan fingerprint density at radius 3 is 2.52 bits per heavy atom. The van der Waals surface area contributed by atoms with Crippen molar-refractivity contribution in [2.45, 2.75) is 19.1 Å². The van der Waals surface area contributed by atoms with Gasteiger partial charge in [0, 0.05) is 24.8 Å². The van der Waals surface area contributed by atoms with Gasteiger partial charge in [-0.05, 0) is 46.5 Å². The van der Waals surface area contributed by atoms with Gasteiger partial charge in [0.25, 0.3) is 0 Å². The van der Waals surface area contributed by atoms with Crippen LogP contribution in [0.1, 0.15) is 16.7 Å². The Hall–Kier alpha value is -2.54. The van der Waals surface area contributed by atoms with Crippen molar-refractivity contribution in [3.05, 3.63) is 70.6 Å². The molecule has 2 amide bonds. The molecule has 3 nitrogen and oxygen atoms in total. The fraction of sp³-hybridized carbons (Fsp3) is 0.250. The number of nitrogens with zero attached hydrogens (tertiary/aromatic N) is 1. The summed E-state index contributed by atoms with van der Waals surface area (Å²) in [4.78, 5) is 13.7.